The Morgan fingerprint density at radius 2 is 1.71 bits per heavy atom. The molecule has 2 aliphatic rings. The lowest BCUT2D eigenvalue weighted by Gasteiger charge is -2.37. The summed E-state index contributed by atoms with van der Waals surface area (Å²) in [6.45, 7) is 1.59. The molecule has 4 rings (SSSR count). The van der Waals surface area contributed by atoms with Crippen LogP contribution in [0.3, 0.4) is 0 Å². The van der Waals surface area contributed by atoms with E-state index in [0.29, 0.717) is 17.0 Å². The number of para-hydroxylation sites is 2. The number of nitrogens with zero attached hydrogens (tertiary/aromatic N) is 2. The number of hydrogen-bond acceptors (Lipinski definition) is 3. The molecular formula is C22H23FN2O3. The molecule has 0 N–H and O–H groups in total. The molecule has 0 aromatic heterocycles. The molecule has 2 heterocycles. The molecule has 2 aliphatic heterocycles. The van der Waals surface area contributed by atoms with Crippen molar-refractivity contribution in [1.29, 1.82) is 0 Å². The number of rotatable bonds is 3. The maximum atomic E-state index is 14.0. The number of ether oxygens (including phenoxy) is 1. The minimum absolute atomic E-state index is 0.0639. The molecule has 5 nitrogen and oxygen atoms in total. The first kappa shape index (κ1) is 18.5. The molecular weight excluding hydrogens is 359 g/mol. The van der Waals surface area contributed by atoms with Crippen molar-refractivity contribution in [3.8, 4) is 5.75 Å². The summed E-state index contributed by atoms with van der Waals surface area (Å²) in [6.07, 6.45) is 2.31. The molecule has 6 heteroatoms. The van der Waals surface area contributed by atoms with E-state index in [2.05, 4.69) is 0 Å². The molecule has 0 bridgehead atoms. The van der Waals surface area contributed by atoms with Crippen LogP contribution in [0.1, 0.15) is 24.8 Å². The summed E-state index contributed by atoms with van der Waals surface area (Å²) in [5.41, 5.74) is 0.960. The fourth-order valence-electron chi connectivity index (χ4n) is 3.82. The lowest BCUT2D eigenvalue weighted by Crippen LogP contribution is -2.53. The summed E-state index contributed by atoms with van der Waals surface area (Å²) >= 11 is 0. The Kier molecular flexibility index (Phi) is 5.28. The van der Waals surface area contributed by atoms with Crippen molar-refractivity contribution in [2.75, 3.05) is 24.5 Å². The van der Waals surface area contributed by atoms with Gasteiger partial charge in [0.2, 0.25) is 5.91 Å². The second kappa shape index (κ2) is 8.00. The monoisotopic (exact) mass is 382 g/mol. The molecule has 2 amide bonds. The lowest BCUT2D eigenvalue weighted by atomic mass is 10.1. The Hall–Kier alpha value is -2.89. The predicted octanol–water partition coefficient (Wildman–Crippen LogP) is 3.17. The summed E-state index contributed by atoms with van der Waals surface area (Å²) in [4.78, 5) is 29.3. The van der Waals surface area contributed by atoms with Crippen LogP contribution in [-0.2, 0) is 16.0 Å². The number of amides is 2. The van der Waals surface area contributed by atoms with Crippen molar-refractivity contribution in [2.45, 2.75) is 31.8 Å². The van der Waals surface area contributed by atoms with Gasteiger partial charge in [0.25, 0.3) is 5.91 Å². The van der Waals surface area contributed by atoms with Gasteiger partial charge in [0.05, 0.1) is 18.7 Å². The number of likely N-dealkylation sites (tertiary alicyclic amines) is 1. The number of carbonyl (C=O) groups is 2. The van der Waals surface area contributed by atoms with Crippen molar-refractivity contribution in [1.82, 2.24) is 4.90 Å². The van der Waals surface area contributed by atoms with E-state index < -0.39 is 11.9 Å². The smallest absolute Gasteiger partial charge is 0.265 e. The third-order valence-corrected chi connectivity index (χ3v) is 5.32. The second-order valence-electron chi connectivity index (χ2n) is 7.23. The molecule has 1 unspecified atom stereocenters. The highest BCUT2D eigenvalue weighted by Crippen LogP contribution is 2.34. The van der Waals surface area contributed by atoms with Crippen LogP contribution in [0.5, 0.6) is 5.75 Å². The van der Waals surface area contributed by atoms with Crippen LogP contribution in [0.15, 0.2) is 48.5 Å². The maximum Gasteiger partial charge on any atom is 0.265 e. The van der Waals surface area contributed by atoms with E-state index >= 15 is 0 Å². The maximum absolute atomic E-state index is 14.0. The highest BCUT2D eigenvalue weighted by atomic mass is 19.1. The van der Waals surface area contributed by atoms with Gasteiger partial charge >= 0.3 is 0 Å². The van der Waals surface area contributed by atoms with E-state index in [4.69, 9.17) is 4.74 Å². The van der Waals surface area contributed by atoms with Gasteiger partial charge in [-0.1, -0.05) is 30.3 Å². The molecule has 2 aromatic carbocycles. The van der Waals surface area contributed by atoms with E-state index in [9.17, 15) is 14.0 Å². The van der Waals surface area contributed by atoms with Gasteiger partial charge in [0.1, 0.15) is 11.6 Å². The standard InChI is InChI=1S/C22H23FN2O3/c23-17-9-3-2-8-16(17)14-21(26)25-15-20(22(27)24-12-6-1-7-13-24)28-19-11-5-4-10-18(19)25/h2-5,8-11,20H,1,6-7,12-15H2. The fraction of sp³-hybridized carbons (Fsp3) is 0.364. The van der Waals surface area contributed by atoms with Crippen LogP contribution < -0.4 is 9.64 Å². The summed E-state index contributed by atoms with van der Waals surface area (Å²) < 4.78 is 19.9. The first-order chi connectivity index (χ1) is 13.6. The average molecular weight is 382 g/mol. The van der Waals surface area contributed by atoms with E-state index in [-0.39, 0.29) is 24.8 Å². The Bertz CT molecular complexity index is 880. The minimum Gasteiger partial charge on any atom is -0.476 e. The third-order valence-electron chi connectivity index (χ3n) is 5.32. The zero-order chi connectivity index (χ0) is 19.5. The normalized spacial score (nSPS) is 19.0. The molecule has 0 spiro atoms. The first-order valence-corrected chi connectivity index (χ1v) is 9.72. The SMILES string of the molecule is O=C(C1CN(C(=O)Cc2ccccc2F)c2ccccc2O1)N1CCCCC1. The van der Waals surface area contributed by atoms with Crippen molar-refractivity contribution in [3.05, 3.63) is 59.9 Å². The van der Waals surface area contributed by atoms with Crippen LogP contribution >= 0.6 is 0 Å². The number of anilines is 1. The van der Waals surface area contributed by atoms with Crippen LogP contribution in [0.2, 0.25) is 0 Å². The van der Waals surface area contributed by atoms with Crippen molar-refractivity contribution >= 4 is 17.5 Å². The number of hydrogen-bond donors (Lipinski definition) is 0. The van der Waals surface area contributed by atoms with Crippen LogP contribution in [0.25, 0.3) is 0 Å². The van der Waals surface area contributed by atoms with Gasteiger partial charge in [-0.2, -0.15) is 0 Å². The summed E-state index contributed by atoms with van der Waals surface area (Å²) in [6, 6.07) is 13.4. The molecule has 1 atom stereocenters. The molecule has 2 aromatic rings. The van der Waals surface area contributed by atoms with Gasteiger partial charge in [0, 0.05) is 13.1 Å². The molecule has 146 valence electrons. The van der Waals surface area contributed by atoms with E-state index in [0.717, 1.165) is 32.4 Å². The van der Waals surface area contributed by atoms with Gasteiger partial charge in [0.15, 0.2) is 6.10 Å². The van der Waals surface area contributed by atoms with Crippen LogP contribution in [0, 0.1) is 5.82 Å². The quantitative estimate of drug-likeness (QED) is 0.819. The van der Waals surface area contributed by atoms with Crippen LogP contribution in [-0.4, -0.2) is 42.5 Å². The average Bonchev–Trinajstić information content (AvgIpc) is 2.74. The summed E-state index contributed by atoms with van der Waals surface area (Å²) in [5.74, 6) is -0.237. The van der Waals surface area contributed by atoms with Crippen molar-refractivity contribution < 1.29 is 18.7 Å². The van der Waals surface area contributed by atoms with Crippen molar-refractivity contribution in [3.63, 3.8) is 0 Å². The zero-order valence-corrected chi connectivity index (χ0v) is 15.6. The fourth-order valence-corrected chi connectivity index (χ4v) is 3.82. The van der Waals surface area contributed by atoms with Gasteiger partial charge < -0.3 is 14.5 Å². The molecule has 1 fully saturated rings. The molecule has 0 aliphatic carbocycles. The number of halogens is 1. The van der Waals surface area contributed by atoms with Gasteiger partial charge in [-0.15, -0.1) is 0 Å². The molecule has 28 heavy (non-hydrogen) atoms. The Morgan fingerprint density at radius 3 is 2.50 bits per heavy atom. The largest absolute Gasteiger partial charge is 0.476 e. The van der Waals surface area contributed by atoms with Crippen molar-refractivity contribution in [2.24, 2.45) is 0 Å². The van der Waals surface area contributed by atoms with E-state index in [1.54, 1.807) is 35.2 Å². The first-order valence-electron chi connectivity index (χ1n) is 9.72. The number of carbonyl (C=O) groups excluding carboxylic acids is 2. The Balaban J connectivity index is 1.57. The number of piperidine rings is 1. The second-order valence-corrected chi connectivity index (χ2v) is 7.23. The highest BCUT2D eigenvalue weighted by molar-refractivity contribution is 5.98. The van der Waals surface area contributed by atoms with Gasteiger partial charge in [-0.05, 0) is 43.0 Å². The third kappa shape index (κ3) is 3.72. The van der Waals surface area contributed by atoms with Gasteiger partial charge in [-0.3, -0.25) is 9.59 Å². The summed E-state index contributed by atoms with van der Waals surface area (Å²) in [7, 11) is 0. The minimum atomic E-state index is -0.738. The molecule has 1 saturated heterocycles. The van der Waals surface area contributed by atoms with Gasteiger partial charge in [-0.25, -0.2) is 4.39 Å². The number of benzene rings is 2. The predicted molar refractivity (Wildman–Crippen MR) is 104 cm³/mol. The molecule has 0 radical (unpaired) electrons. The topological polar surface area (TPSA) is 49.9 Å². The summed E-state index contributed by atoms with van der Waals surface area (Å²) in [5, 5.41) is 0. The van der Waals surface area contributed by atoms with E-state index in [1.165, 1.54) is 6.07 Å². The Morgan fingerprint density at radius 1 is 1.00 bits per heavy atom. The molecule has 0 saturated carbocycles. The number of fused-ring (bicyclic) bond motifs is 1. The highest BCUT2D eigenvalue weighted by Gasteiger charge is 2.36. The lowest BCUT2D eigenvalue weighted by molar-refractivity contribution is -0.139. The van der Waals surface area contributed by atoms with E-state index in [1.807, 2.05) is 17.0 Å². The van der Waals surface area contributed by atoms with Crippen LogP contribution in [0.4, 0.5) is 10.1 Å². The Labute approximate surface area is 163 Å². The zero-order valence-electron chi connectivity index (χ0n) is 15.6.